The zero-order chi connectivity index (χ0) is 7.84. The van der Waals surface area contributed by atoms with E-state index in [0.717, 1.165) is 9.22 Å². The first-order valence-electron chi connectivity index (χ1n) is 3.13. The van der Waals surface area contributed by atoms with Crippen LogP contribution in [0.2, 0.25) is 0 Å². The van der Waals surface area contributed by atoms with Crippen LogP contribution in [0.25, 0.3) is 10.2 Å². The van der Waals surface area contributed by atoms with Gasteiger partial charge in [-0.25, -0.2) is 9.97 Å². The normalized spacial score (nSPS) is 10.7. The Morgan fingerprint density at radius 2 is 2.27 bits per heavy atom. The van der Waals surface area contributed by atoms with Crippen LogP contribution in [0.3, 0.4) is 0 Å². The van der Waals surface area contributed by atoms with E-state index in [9.17, 15) is 0 Å². The monoisotopic (exact) mass is 276 g/mol. The first-order valence-corrected chi connectivity index (χ1v) is 5.09. The molecule has 0 saturated heterocycles. The molecule has 56 valence electrons. The van der Waals surface area contributed by atoms with Gasteiger partial charge < -0.3 is 0 Å². The van der Waals surface area contributed by atoms with Gasteiger partial charge in [0.05, 0.1) is 10.2 Å². The maximum Gasteiger partial charge on any atom is 0.122 e. The lowest BCUT2D eigenvalue weighted by atomic mass is 10.3. The van der Waals surface area contributed by atoms with Crippen molar-refractivity contribution in [3.05, 3.63) is 21.0 Å². The molecule has 0 fully saturated rings. The Balaban J connectivity index is 2.94. The molecule has 2 aromatic rings. The highest BCUT2D eigenvalue weighted by molar-refractivity contribution is 14.1. The summed E-state index contributed by atoms with van der Waals surface area (Å²) < 4.78 is 2.25. The lowest BCUT2D eigenvalue weighted by Crippen LogP contribution is -1.82. The average molecular weight is 276 g/mol. The van der Waals surface area contributed by atoms with E-state index in [2.05, 4.69) is 44.9 Å². The summed E-state index contributed by atoms with van der Waals surface area (Å²) in [4.78, 5) is 8.30. The summed E-state index contributed by atoms with van der Waals surface area (Å²) in [5, 5.41) is 2.11. The fraction of sp³-hybridized carbons (Fsp3) is 0.143. The van der Waals surface area contributed by atoms with Crippen molar-refractivity contribution in [3.63, 3.8) is 0 Å². The van der Waals surface area contributed by atoms with Gasteiger partial charge in [0.15, 0.2) is 0 Å². The van der Waals surface area contributed by atoms with Crippen LogP contribution in [0.1, 0.15) is 5.56 Å². The van der Waals surface area contributed by atoms with E-state index in [1.54, 1.807) is 17.7 Å². The summed E-state index contributed by atoms with van der Waals surface area (Å²) >= 11 is 3.94. The topological polar surface area (TPSA) is 25.8 Å². The second-order valence-electron chi connectivity index (χ2n) is 2.26. The molecule has 2 rings (SSSR count). The van der Waals surface area contributed by atoms with Crippen molar-refractivity contribution >= 4 is 44.1 Å². The van der Waals surface area contributed by atoms with Crippen molar-refractivity contribution in [2.45, 2.75) is 6.92 Å². The standard InChI is InChI=1S/C7H5IN2S/c1-4-2-11-6-5(4)9-3-10-7(6)8/h2-3H,1H3. The second kappa shape index (κ2) is 2.67. The van der Waals surface area contributed by atoms with Crippen molar-refractivity contribution in [1.29, 1.82) is 0 Å². The summed E-state index contributed by atoms with van der Waals surface area (Å²) in [6, 6.07) is 0. The molecule has 0 aliphatic heterocycles. The van der Waals surface area contributed by atoms with Crippen molar-refractivity contribution in [1.82, 2.24) is 9.97 Å². The molecule has 2 heterocycles. The van der Waals surface area contributed by atoms with Crippen LogP contribution in [0.5, 0.6) is 0 Å². The van der Waals surface area contributed by atoms with Gasteiger partial charge in [0.1, 0.15) is 10.0 Å². The highest BCUT2D eigenvalue weighted by Crippen LogP contribution is 2.25. The quantitative estimate of drug-likeness (QED) is 0.546. The minimum atomic E-state index is 1.05. The predicted molar refractivity (Wildman–Crippen MR) is 54.9 cm³/mol. The van der Waals surface area contributed by atoms with Crippen LogP contribution in [-0.2, 0) is 0 Å². The smallest absolute Gasteiger partial charge is 0.122 e. The van der Waals surface area contributed by atoms with E-state index in [-0.39, 0.29) is 0 Å². The molecule has 0 atom stereocenters. The molecule has 0 radical (unpaired) electrons. The van der Waals surface area contributed by atoms with Crippen molar-refractivity contribution in [2.75, 3.05) is 0 Å². The Hall–Kier alpha value is -0.230. The molecule has 0 aliphatic rings. The van der Waals surface area contributed by atoms with E-state index in [1.807, 2.05) is 0 Å². The van der Waals surface area contributed by atoms with Crippen molar-refractivity contribution in [2.24, 2.45) is 0 Å². The Labute approximate surface area is 81.8 Å². The molecule has 0 saturated carbocycles. The number of aryl methyl sites for hydroxylation is 1. The second-order valence-corrected chi connectivity index (χ2v) is 4.16. The summed E-state index contributed by atoms with van der Waals surface area (Å²) in [6.07, 6.45) is 1.61. The van der Waals surface area contributed by atoms with Crippen LogP contribution in [0.4, 0.5) is 0 Å². The van der Waals surface area contributed by atoms with Gasteiger partial charge in [-0.1, -0.05) is 0 Å². The summed E-state index contributed by atoms with van der Waals surface area (Å²) in [7, 11) is 0. The number of hydrogen-bond donors (Lipinski definition) is 0. The van der Waals surface area contributed by atoms with E-state index >= 15 is 0 Å². The zero-order valence-electron chi connectivity index (χ0n) is 5.84. The molecule has 0 N–H and O–H groups in total. The molecule has 0 bridgehead atoms. The molecule has 0 aromatic carbocycles. The lowest BCUT2D eigenvalue weighted by Gasteiger charge is -1.90. The molecule has 4 heteroatoms. The van der Waals surface area contributed by atoms with Crippen LogP contribution in [-0.4, -0.2) is 9.97 Å². The van der Waals surface area contributed by atoms with Crippen LogP contribution in [0, 0.1) is 10.6 Å². The van der Waals surface area contributed by atoms with Crippen LogP contribution >= 0.6 is 33.9 Å². The Bertz CT molecular complexity index is 396. The number of thiophene rings is 1. The van der Waals surface area contributed by atoms with E-state index in [0.29, 0.717) is 0 Å². The van der Waals surface area contributed by atoms with Gasteiger partial charge >= 0.3 is 0 Å². The highest BCUT2D eigenvalue weighted by Gasteiger charge is 2.03. The molecule has 11 heavy (non-hydrogen) atoms. The number of nitrogens with zero attached hydrogens (tertiary/aromatic N) is 2. The molecular formula is C7H5IN2S. The average Bonchev–Trinajstić information content (AvgIpc) is 2.35. The van der Waals surface area contributed by atoms with Gasteiger partial charge in [-0.15, -0.1) is 11.3 Å². The third kappa shape index (κ3) is 1.14. The van der Waals surface area contributed by atoms with Gasteiger partial charge in [0.2, 0.25) is 0 Å². The molecule has 0 spiro atoms. The number of hydrogen-bond acceptors (Lipinski definition) is 3. The summed E-state index contributed by atoms with van der Waals surface area (Å²) in [6.45, 7) is 2.07. The van der Waals surface area contributed by atoms with Crippen molar-refractivity contribution < 1.29 is 0 Å². The Kier molecular flexibility index (Phi) is 1.80. The van der Waals surface area contributed by atoms with Gasteiger partial charge in [-0.2, -0.15) is 0 Å². The van der Waals surface area contributed by atoms with Crippen LogP contribution in [0.15, 0.2) is 11.7 Å². The van der Waals surface area contributed by atoms with E-state index < -0.39 is 0 Å². The fourth-order valence-electron chi connectivity index (χ4n) is 0.941. The lowest BCUT2D eigenvalue weighted by molar-refractivity contribution is 1.19. The minimum absolute atomic E-state index is 1.05. The third-order valence-corrected chi connectivity index (χ3v) is 3.77. The number of aromatic nitrogens is 2. The third-order valence-electron chi connectivity index (χ3n) is 1.49. The zero-order valence-corrected chi connectivity index (χ0v) is 8.81. The Morgan fingerprint density at radius 3 is 3.00 bits per heavy atom. The minimum Gasteiger partial charge on any atom is -0.235 e. The molecule has 0 aliphatic carbocycles. The molecule has 0 unspecified atom stereocenters. The fourth-order valence-corrected chi connectivity index (χ4v) is 2.58. The van der Waals surface area contributed by atoms with E-state index in [4.69, 9.17) is 0 Å². The first-order chi connectivity index (χ1) is 5.29. The highest BCUT2D eigenvalue weighted by atomic mass is 127. The van der Waals surface area contributed by atoms with E-state index in [1.165, 1.54) is 10.3 Å². The maximum absolute atomic E-state index is 4.20. The molecule has 2 nitrogen and oxygen atoms in total. The van der Waals surface area contributed by atoms with Crippen LogP contribution < -0.4 is 0 Å². The SMILES string of the molecule is Cc1csc2c(I)ncnc12. The number of halogens is 1. The first kappa shape index (κ1) is 7.42. The summed E-state index contributed by atoms with van der Waals surface area (Å²) in [5.41, 5.74) is 2.33. The largest absolute Gasteiger partial charge is 0.235 e. The predicted octanol–water partition coefficient (Wildman–Crippen LogP) is 2.60. The van der Waals surface area contributed by atoms with Gasteiger partial charge in [0, 0.05) is 0 Å². The van der Waals surface area contributed by atoms with Gasteiger partial charge in [-0.3, -0.25) is 0 Å². The molecule has 0 amide bonds. The van der Waals surface area contributed by atoms with Gasteiger partial charge in [0.25, 0.3) is 0 Å². The molecule has 2 aromatic heterocycles. The Morgan fingerprint density at radius 1 is 1.45 bits per heavy atom. The van der Waals surface area contributed by atoms with Crippen molar-refractivity contribution in [3.8, 4) is 0 Å². The summed E-state index contributed by atoms with van der Waals surface area (Å²) in [5.74, 6) is 0. The molecular weight excluding hydrogens is 271 g/mol. The number of rotatable bonds is 0. The number of fused-ring (bicyclic) bond motifs is 1. The van der Waals surface area contributed by atoms with Gasteiger partial charge in [-0.05, 0) is 40.5 Å². The maximum atomic E-state index is 4.20.